The fraction of sp³-hybridized carbons (Fsp3) is 0.167. The third-order valence-corrected chi connectivity index (χ3v) is 3.38. The monoisotopic (exact) mass is 249 g/mol. The van der Waals surface area contributed by atoms with Crippen molar-refractivity contribution in [3.8, 4) is 0 Å². The van der Waals surface area contributed by atoms with E-state index in [0.717, 1.165) is 10.1 Å². The molecule has 0 aliphatic carbocycles. The minimum absolute atomic E-state index is 0.507. The fourth-order valence-corrected chi connectivity index (χ4v) is 2.18. The van der Waals surface area contributed by atoms with E-state index in [-0.39, 0.29) is 0 Å². The van der Waals surface area contributed by atoms with Gasteiger partial charge in [0.15, 0.2) is 0 Å². The number of amides is 1. The first kappa shape index (κ1) is 11.6. The number of nitrogens with one attached hydrogen (secondary N) is 1. The van der Waals surface area contributed by atoms with Gasteiger partial charge in [0.25, 0.3) is 0 Å². The highest BCUT2D eigenvalue weighted by atomic mass is 32.1. The Morgan fingerprint density at radius 1 is 1.35 bits per heavy atom. The van der Waals surface area contributed by atoms with Gasteiger partial charge >= 0.3 is 5.97 Å². The second-order valence-corrected chi connectivity index (χ2v) is 4.67. The molecule has 0 fully saturated rings. The smallest absolute Gasteiger partial charge is 0.315 e. The second-order valence-electron chi connectivity index (χ2n) is 3.72. The lowest BCUT2D eigenvalue weighted by molar-refractivity contribution is -0.144. The summed E-state index contributed by atoms with van der Waals surface area (Å²) in [4.78, 5) is 22.2. The number of hydrogen-bond donors (Lipinski definition) is 2. The van der Waals surface area contributed by atoms with Crippen LogP contribution in [0.4, 0.5) is 5.69 Å². The van der Waals surface area contributed by atoms with E-state index in [9.17, 15) is 9.59 Å². The largest absolute Gasteiger partial charge is 0.481 e. The van der Waals surface area contributed by atoms with Crippen LogP contribution in [0.25, 0.3) is 10.1 Å². The van der Waals surface area contributed by atoms with Crippen LogP contribution in [0.15, 0.2) is 29.6 Å². The molecule has 0 spiro atoms. The molecule has 1 heterocycles. The third-order valence-electron chi connectivity index (χ3n) is 2.48. The number of fused-ring (bicyclic) bond motifs is 1. The zero-order chi connectivity index (χ0) is 12.4. The molecule has 1 atom stereocenters. The summed E-state index contributed by atoms with van der Waals surface area (Å²) in [5.74, 6) is -2.68. The van der Waals surface area contributed by atoms with Gasteiger partial charge in [-0.2, -0.15) is 0 Å². The Balaban J connectivity index is 2.18. The van der Waals surface area contributed by atoms with Gasteiger partial charge in [0.2, 0.25) is 5.91 Å². The normalized spacial score (nSPS) is 12.3. The number of carbonyl (C=O) groups excluding carboxylic acids is 1. The average molecular weight is 249 g/mol. The van der Waals surface area contributed by atoms with Crippen molar-refractivity contribution in [2.75, 3.05) is 5.32 Å². The summed E-state index contributed by atoms with van der Waals surface area (Å²) in [6, 6.07) is 7.46. The molecule has 1 aromatic carbocycles. The van der Waals surface area contributed by atoms with Crippen molar-refractivity contribution in [1.29, 1.82) is 0 Å². The highest BCUT2D eigenvalue weighted by molar-refractivity contribution is 7.17. The summed E-state index contributed by atoms with van der Waals surface area (Å²) < 4.78 is 1.13. The van der Waals surface area contributed by atoms with Crippen LogP contribution in [-0.2, 0) is 9.59 Å². The highest BCUT2D eigenvalue weighted by Crippen LogP contribution is 2.24. The SMILES string of the molecule is CC(C(=O)O)C(=O)Nc1ccc2sccc2c1. The van der Waals surface area contributed by atoms with E-state index in [1.54, 1.807) is 17.4 Å². The maximum atomic E-state index is 11.5. The summed E-state index contributed by atoms with van der Waals surface area (Å²) in [6.07, 6.45) is 0. The number of rotatable bonds is 3. The molecule has 2 N–H and O–H groups in total. The molecule has 2 aromatic rings. The van der Waals surface area contributed by atoms with Crippen LogP contribution in [0.3, 0.4) is 0 Å². The lowest BCUT2D eigenvalue weighted by Gasteiger charge is -2.08. The number of carbonyl (C=O) groups is 2. The third kappa shape index (κ3) is 2.45. The molecule has 1 aromatic heterocycles. The number of thiophene rings is 1. The highest BCUT2D eigenvalue weighted by Gasteiger charge is 2.20. The summed E-state index contributed by atoms with van der Waals surface area (Å²) in [6.45, 7) is 1.36. The molecule has 1 unspecified atom stereocenters. The molecule has 4 nitrogen and oxygen atoms in total. The fourth-order valence-electron chi connectivity index (χ4n) is 1.41. The maximum Gasteiger partial charge on any atom is 0.315 e. The Bertz CT molecular complexity index is 576. The van der Waals surface area contributed by atoms with Gasteiger partial charge in [-0.15, -0.1) is 11.3 Å². The molecule has 0 saturated carbocycles. The van der Waals surface area contributed by atoms with Crippen LogP contribution in [-0.4, -0.2) is 17.0 Å². The van der Waals surface area contributed by atoms with Crippen molar-refractivity contribution in [3.05, 3.63) is 29.6 Å². The van der Waals surface area contributed by atoms with Crippen LogP contribution >= 0.6 is 11.3 Å². The lowest BCUT2D eigenvalue weighted by atomic mass is 10.1. The van der Waals surface area contributed by atoms with Crippen LogP contribution in [0, 0.1) is 5.92 Å². The van der Waals surface area contributed by atoms with Crippen molar-refractivity contribution in [2.45, 2.75) is 6.92 Å². The van der Waals surface area contributed by atoms with Crippen molar-refractivity contribution >= 4 is 39.0 Å². The summed E-state index contributed by atoms with van der Waals surface area (Å²) in [5.41, 5.74) is 0.619. The molecule has 5 heteroatoms. The van der Waals surface area contributed by atoms with Gasteiger partial charge in [-0.3, -0.25) is 9.59 Å². The molecular weight excluding hydrogens is 238 g/mol. The zero-order valence-corrected chi connectivity index (χ0v) is 9.95. The van der Waals surface area contributed by atoms with Crippen LogP contribution in [0.5, 0.6) is 0 Å². The Labute approximate surface area is 102 Å². The molecule has 88 valence electrons. The maximum absolute atomic E-state index is 11.5. The van der Waals surface area contributed by atoms with Crippen molar-refractivity contribution in [1.82, 2.24) is 0 Å². The zero-order valence-electron chi connectivity index (χ0n) is 9.14. The Morgan fingerprint density at radius 2 is 2.12 bits per heavy atom. The summed E-state index contributed by atoms with van der Waals surface area (Å²) >= 11 is 1.62. The van der Waals surface area contributed by atoms with E-state index < -0.39 is 17.8 Å². The quantitative estimate of drug-likeness (QED) is 0.821. The molecule has 0 aliphatic heterocycles. The first-order valence-corrected chi connectivity index (χ1v) is 5.97. The van der Waals surface area contributed by atoms with Crippen molar-refractivity contribution < 1.29 is 14.7 Å². The van der Waals surface area contributed by atoms with E-state index in [1.165, 1.54) is 6.92 Å². The predicted molar refractivity (Wildman–Crippen MR) is 67.3 cm³/mol. The Morgan fingerprint density at radius 3 is 2.82 bits per heavy atom. The minimum atomic E-state index is -1.13. The van der Waals surface area contributed by atoms with Gasteiger partial charge < -0.3 is 10.4 Å². The van der Waals surface area contributed by atoms with Gasteiger partial charge in [0, 0.05) is 10.4 Å². The van der Waals surface area contributed by atoms with Gasteiger partial charge in [0.05, 0.1) is 0 Å². The lowest BCUT2D eigenvalue weighted by Crippen LogP contribution is -2.26. The van der Waals surface area contributed by atoms with E-state index in [0.29, 0.717) is 5.69 Å². The Kier molecular flexibility index (Phi) is 3.10. The number of carboxylic acids is 1. The second kappa shape index (κ2) is 4.55. The van der Waals surface area contributed by atoms with Gasteiger partial charge in [0.1, 0.15) is 5.92 Å². The predicted octanol–water partition coefficient (Wildman–Crippen LogP) is 2.56. The standard InChI is InChI=1S/C12H11NO3S/c1-7(12(15)16)11(14)13-9-2-3-10-8(6-9)4-5-17-10/h2-7H,1H3,(H,13,14)(H,15,16). The molecular formula is C12H11NO3S. The molecule has 0 saturated heterocycles. The summed E-state index contributed by atoms with van der Waals surface area (Å²) in [5, 5.41) is 14.3. The van der Waals surface area contributed by atoms with E-state index >= 15 is 0 Å². The van der Waals surface area contributed by atoms with Crippen molar-refractivity contribution in [2.24, 2.45) is 5.92 Å². The number of anilines is 1. The molecule has 0 radical (unpaired) electrons. The molecule has 0 aliphatic rings. The Hall–Kier alpha value is -1.88. The van der Waals surface area contributed by atoms with E-state index in [4.69, 9.17) is 5.11 Å². The average Bonchev–Trinajstić information content (AvgIpc) is 2.74. The van der Waals surface area contributed by atoms with Crippen LogP contribution in [0.1, 0.15) is 6.92 Å². The van der Waals surface area contributed by atoms with Crippen LogP contribution < -0.4 is 5.32 Å². The van der Waals surface area contributed by atoms with Crippen LogP contribution in [0.2, 0.25) is 0 Å². The number of aliphatic carboxylic acids is 1. The number of benzene rings is 1. The number of carboxylic acid groups (broad SMARTS) is 1. The van der Waals surface area contributed by atoms with E-state index in [1.807, 2.05) is 23.6 Å². The van der Waals surface area contributed by atoms with Gasteiger partial charge in [-0.05, 0) is 42.0 Å². The first-order valence-electron chi connectivity index (χ1n) is 5.09. The van der Waals surface area contributed by atoms with E-state index in [2.05, 4.69) is 5.32 Å². The molecule has 2 rings (SSSR count). The molecule has 17 heavy (non-hydrogen) atoms. The summed E-state index contributed by atoms with van der Waals surface area (Å²) in [7, 11) is 0. The van der Waals surface area contributed by atoms with Crippen molar-refractivity contribution in [3.63, 3.8) is 0 Å². The van der Waals surface area contributed by atoms with Gasteiger partial charge in [-0.1, -0.05) is 0 Å². The first-order chi connectivity index (χ1) is 8.08. The van der Waals surface area contributed by atoms with Gasteiger partial charge in [-0.25, -0.2) is 0 Å². The topological polar surface area (TPSA) is 66.4 Å². The number of hydrogen-bond acceptors (Lipinski definition) is 3. The minimum Gasteiger partial charge on any atom is -0.481 e. The molecule has 0 bridgehead atoms. The molecule has 1 amide bonds.